The minimum Gasteiger partial charge on any atom is -0.461 e. The van der Waals surface area contributed by atoms with E-state index in [0.717, 1.165) is 7.11 Å². The normalized spacial score (nSPS) is 28.2. The zero-order valence-corrected chi connectivity index (χ0v) is 20.9. The number of hydrogen-bond donors (Lipinski definition) is 2. The molecule has 0 aromatic carbocycles. The predicted octanol–water partition coefficient (Wildman–Crippen LogP) is 1.07. The Hall–Kier alpha value is -2.51. The first kappa shape index (κ1) is 27.1. The Balaban J connectivity index is 1.67. The number of amides is 1. The minimum atomic E-state index is -4.08. The SMILES string of the molecule is COC(=O)N[C@@H](CCO[P@]1(=O)OC[C@H]2O[C@@H](n3ccc(=O)[nH]c3=O)C(C)(C)[C@@H]2O1)C(=O)OC(C)C. The summed E-state index contributed by atoms with van der Waals surface area (Å²) in [6, 6.07) is 0.0776. The lowest BCUT2D eigenvalue weighted by molar-refractivity contribution is -0.150. The van der Waals surface area contributed by atoms with Crippen molar-refractivity contribution in [1.82, 2.24) is 14.9 Å². The van der Waals surface area contributed by atoms with E-state index in [0.29, 0.717) is 0 Å². The minimum absolute atomic E-state index is 0.0965. The first-order chi connectivity index (χ1) is 16.4. The van der Waals surface area contributed by atoms with E-state index in [4.69, 9.17) is 23.0 Å². The number of aromatic amines is 1. The van der Waals surface area contributed by atoms with Gasteiger partial charge in [-0.05, 0) is 13.8 Å². The van der Waals surface area contributed by atoms with Crippen LogP contribution >= 0.6 is 7.82 Å². The Morgan fingerprint density at radius 1 is 1.34 bits per heavy atom. The number of nitrogens with zero attached hydrogens (tertiary/aromatic N) is 1. The molecule has 0 unspecified atom stereocenters. The number of phosphoric acid groups is 1. The smallest absolute Gasteiger partial charge is 0.461 e. The number of hydrogen-bond acceptors (Lipinski definition) is 11. The Morgan fingerprint density at radius 2 is 2.06 bits per heavy atom. The molecule has 14 nitrogen and oxygen atoms in total. The molecule has 0 aliphatic carbocycles. The van der Waals surface area contributed by atoms with Crippen LogP contribution in [0.3, 0.4) is 0 Å². The first-order valence-corrected chi connectivity index (χ1v) is 12.4. The van der Waals surface area contributed by atoms with Gasteiger partial charge in [0.15, 0.2) is 0 Å². The van der Waals surface area contributed by atoms with Crippen molar-refractivity contribution in [3.05, 3.63) is 33.1 Å². The molecule has 1 aromatic rings. The lowest BCUT2D eigenvalue weighted by Gasteiger charge is -2.36. The molecule has 0 radical (unpaired) electrons. The van der Waals surface area contributed by atoms with Gasteiger partial charge in [-0.15, -0.1) is 0 Å². The molecule has 15 heteroatoms. The van der Waals surface area contributed by atoms with E-state index in [9.17, 15) is 23.7 Å². The Labute approximate surface area is 200 Å². The van der Waals surface area contributed by atoms with Crippen LogP contribution in [0.25, 0.3) is 0 Å². The predicted molar refractivity (Wildman–Crippen MR) is 119 cm³/mol. The number of H-pyrrole nitrogens is 1. The molecule has 5 atom stereocenters. The lowest BCUT2D eigenvalue weighted by Crippen LogP contribution is -2.44. The molecule has 0 spiro atoms. The van der Waals surface area contributed by atoms with Gasteiger partial charge in [-0.3, -0.25) is 27.9 Å². The Morgan fingerprint density at radius 3 is 2.69 bits per heavy atom. The van der Waals surface area contributed by atoms with E-state index >= 15 is 0 Å². The van der Waals surface area contributed by atoms with Crippen LogP contribution < -0.4 is 16.6 Å². The summed E-state index contributed by atoms with van der Waals surface area (Å²) in [6.07, 6.45) is -2.32. The van der Waals surface area contributed by atoms with Gasteiger partial charge in [0.1, 0.15) is 24.5 Å². The van der Waals surface area contributed by atoms with Gasteiger partial charge in [0.05, 0.1) is 26.4 Å². The number of carbonyl (C=O) groups is 2. The van der Waals surface area contributed by atoms with Crippen molar-refractivity contribution < 1.29 is 41.9 Å². The number of ether oxygens (including phenoxy) is 3. The van der Waals surface area contributed by atoms with Crippen LogP contribution in [0.15, 0.2) is 21.9 Å². The molecule has 35 heavy (non-hydrogen) atoms. The quantitative estimate of drug-likeness (QED) is 0.371. The summed E-state index contributed by atoms with van der Waals surface area (Å²) in [4.78, 5) is 49.7. The third kappa shape index (κ3) is 6.19. The van der Waals surface area contributed by atoms with E-state index in [2.05, 4.69) is 15.0 Å². The summed E-state index contributed by atoms with van der Waals surface area (Å²) >= 11 is 0. The van der Waals surface area contributed by atoms with Gasteiger partial charge in [-0.25, -0.2) is 18.9 Å². The van der Waals surface area contributed by atoms with E-state index in [1.165, 1.54) is 16.8 Å². The molecule has 2 aliphatic rings. The number of carbonyl (C=O) groups excluding carboxylic acids is 2. The number of rotatable bonds is 8. The molecule has 3 rings (SSSR count). The lowest BCUT2D eigenvalue weighted by atomic mass is 9.84. The number of methoxy groups -OCH3 is 1. The molecule has 2 N–H and O–H groups in total. The maximum Gasteiger partial charge on any atom is 0.475 e. The zero-order chi connectivity index (χ0) is 26.0. The van der Waals surface area contributed by atoms with Crippen LogP contribution in [0, 0.1) is 5.41 Å². The third-order valence-corrected chi connectivity index (χ3v) is 6.97. The van der Waals surface area contributed by atoms with Crippen molar-refractivity contribution in [2.75, 3.05) is 20.3 Å². The highest BCUT2D eigenvalue weighted by atomic mass is 31.2. The van der Waals surface area contributed by atoms with E-state index in [-0.39, 0.29) is 19.6 Å². The monoisotopic (exact) mass is 519 g/mol. The van der Waals surface area contributed by atoms with Crippen LogP contribution in [0.5, 0.6) is 0 Å². The Kier molecular flexibility index (Phi) is 8.22. The molecule has 196 valence electrons. The van der Waals surface area contributed by atoms with Crippen molar-refractivity contribution in [2.45, 2.75) is 64.7 Å². The second kappa shape index (κ2) is 10.6. The molecular weight excluding hydrogens is 489 g/mol. The Bertz CT molecular complexity index is 1100. The van der Waals surface area contributed by atoms with Crippen molar-refractivity contribution >= 4 is 19.9 Å². The fourth-order valence-electron chi connectivity index (χ4n) is 3.85. The largest absolute Gasteiger partial charge is 0.475 e. The van der Waals surface area contributed by atoms with Gasteiger partial charge in [-0.2, -0.15) is 0 Å². The van der Waals surface area contributed by atoms with Crippen LogP contribution in [0.4, 0.5) is 4.79 Å². The van der Waals surface area contributed by atoms with E-state index < -0.39 is 67.1 Å². The van der Waals surface area contributed by atoms with E-state index in [1.807, 2.05) is 0 Å². The molecule has 0 bridgehead atoms. The fourth-order valence-corrected chi connectivity index (χ4v) is 5.39. The summed E-state index contributed by atoms with van der Waals surface area (Å²) in [5.74, 6) is -0.711. The van der Waals surface area contributed by atoms with Gasteiger partial charge in [0.2, 0.25) is 0 Å². The summed E-state index contributed by atoms with van der Waals surface area (Å²) in [6.45, 7) is 6.41. The standard InChI is InChI=1S/C20H30N3O11P/c1-11(2)32-16(25)12(21-19(27)29-5)7-9-30-35(28)31-10-13-15(34-35)20(3,4)17(33-13)23-8-6-14(24)22-18(23)26/h6,8,11-13,15,17H,7,9-10H2,1-5H3,(H,21,27)(H,22,24,26)/t12-,13+,15+,17+,35+/m0/s1. The number of phosphoric ester groups is 1. The van der Waals surface area contributed by atoms with Gasteiger partial charge in [-0.1, -0.05) is 13.8 Å². The summed E-state index contributed by atoms with van der Waals surface area (Å²) < 4.78 is 46.4. The third-order valence-electron chi connectivity index (χ3n) is 5.52. The van der Waals surface area contributed by atoms with Crippen LogP contribution in [-0.2, 0) is 37.1 Å². The average molecular weight is 519 g/mol. The fraction of sp³-hybridized carbons (Fsp3) is 0.700. The number of nitrogens with one attached hydrogen (secondary N) is 2. The van der Waals surface area contributed by atoms with Gasteiger partial charge < -0.3 is 19.5 Å². The molecule has 2 saturated heterocycles. The average Bonchev–Trinajstić information content (AvgIpc) is 3.02. The van der Waals surface area contributed by atoms with Crippen LogP contribution in [-0.4, -0.2) is 66.3 Å². The molecule has 3 heterocycles. The van der Waals surface area contributed by atoms with Crippen molar-refractivity contribution in [2.24, 2.45) is 5.41 Å². The summed E-state index contributed by atoms with van der Waals surface area (Å²) in [5, 5.41) is 2.34. The van der Waals surface area contributed by atoms with Crippen molar-refractivity contribution in [3.63, 3.8) is 0 Å². The number of esters is 1. The molecule has 2 fully saturated rings. The second-order valence-corrected chi connectivity index (χ2v) is 10.6. The van der Waals surface area contributed by atoms with Crippen LogP contribution in [0.1, 0.15) is 40.3 Å². The van der Waals surface area contributed by atoms with Crippen molar-refractivity contribution in [3.8, 4) is 0 Å². The number of aromatic nitrogens is 2. The topological polar surface area (TPSA) is 173 Å². The zero-order valence-electron chi connectivity index (χ0n) is 20.0. The maximum atomic E-state index is 13.2. The number of alkyl carbamates (subject to hydrolysis) is 1. The van der Waals surface area contributed by atoms with Crippen LogP contribution in [0.2, 0.25) is 0 Å². The van der Waals surface area contributed by atoms with Crippen molar-refractivity contribution in [1.29, 1.82) is 0 Å². The van der Waals surface area contributed by atoms with Gasteiger partial charge in [0.25, 0.3) is 5.56 Å². The summed E-state index contributed by atoms with van der Waals surface area (Å²) in [5.41, 5.74) is -2.08. The first-order valence-electron chi connectivity index (χ1n) is 11.0. The van der Waals surface area contributed by atoms with E-state index in [1.54, 1.807) is 27.7 Å². The molecule has 2 aliphatic heterocycles. The molecule has 1 amide bonds. The maximum absolute atomic E-state index is 13.2. The molecular formula is C20H30N3O11P. The highest BCUT2D eigenvalue weighted by Crippen LogP contribution is 2.60. The molecule has 0 saturated carbocycles. The second-order valence-electron chi connectivity index (χ2n) is 8.93. The van der Waals surface area contributed by atoms with Gasteiger partial charge >= 0.3 is 25.6 Å². The van der Waals surface area contributed by atoms with Gasteiger partial charge in [0, 0.05) is 24.1 Å². The highest BCUT2D eigenvalue weighted by molar-refractivity contribution is 7.48. The molecule has 1 aromatic heterocycles. The summed E-state index contributed by atoms with van der Waals surface area (Å²) in [7, 11) is -2.93. The highest BCUT2D eigenvalue weighted by Gasteiger charge is 2.58. The number of fused-ring (bicyclic) bond motifs is 1.